The smallest absolute Gasteiger partial charge is 0.339 e. The molecule has 0 aromatic heterocycles. The number of nitrogens with one attached hydrogen (secondary N) is 1. The summed E-state index contributed by atoms with van der Waals surface area (Å²) in [6, 6.07) is 20.6. The summed E-state index contributed by atoms with van der Waals surface area (Å²) >= 11 is 5.87. The number of carbonyl (C=O) groups is 2. The first-order valence-corrected chi connectivity index (χ1v) is 9.32. The van der Waals surface area contributed by atoms with Crippen molar-refractivity contribution in [3.8, 4) is 5.75 Å². The van der Waals surface area contributed by atoms with Crippen molar-refractivity contribution < 1.29 is 19.1 Å². The molecule has 0 aliphatic carbocycles. The van der Waals surface area contributed by atoms with Gasteiger partial charge in [0.1, 0.15) is 5.75 Å². The maximum atomic E-state index is 13.0. The summed E-state index contributed by atoms with van der Waals surface area (Å²) in [4.78, 5) is 25.7. The molecule has 148 valence electrons. The van der Waals surface area contributed by atoms with E-state index in [4.69, 9.17) is 21.1 Å². The van der Waals surface area contributed by atoms with Crippen molar-refractivity contribution in [3.05, 3.63) is 94.5 Å². The Hall–Kier alpha value is -3.31. The van der Waals surface area contributed by atoms with Crippen LogP contribution in [0.15, 0.2) is 72.8 Å². The highest BCUT2D eigenvalue weighted by atomic mass is 35.5. The molecule has 6 heteroatoms. The summed E-state index contributed by atoms with van der Waals surface area (Å²) in [7, 11) is 1.52. The van der Waals surface area contributed by atoms with Crippen LogP contribution in [0.2, 0.25) is 5.02 Å². The van der Waals surface area contributed by atoms with Crippen LogP contribution in [0.4, 0.5) is 5.69 Å². The molecular formula is C23H20ClNO4. The van der Waals surface area contributed by atoms with E-state index in [9.17, 15) is 9.59 Å². The van der Waals surface area contributed by atoms with E-state index < -0.39 is 18.0 Å². The van der Waals surface area contributed by atoms with E-state index >= 15 is 0 Å². The zero-order valence-corrected chi connectivity index (χ0v) is 16.8. The summed E-state index contributed by atoms with van der Waals surface area (Å²) < 4.78 is 10.9. The number of aryl methyl sites for hydroxylation is 1. The number of amides is 1. The Labute approximate surface area is 174 Å². The van der Waals surface area contributed by atoms with E-state index in [1.165, 1.54) is 7.11 Å². The summed E-state index contributed by atoms with van der Waals surface area (Å²) in [5, 5.41) is 3.31. The van der Waals surface area contributed by atoms with Crippen LogP contribution in [0, 0.1) is 6.92 Å². The van der Waals surface area contributed by atoms with Gasteiger partial charge in [-0.2, -0.15) is 0 Å². The molecular weight excluding hydrogens is 390 g/mol. The summed E-state index contributed by atoms with van der Waals surface area (Å²) in [6.07, 6.45) is -1.13. The molecule has 0 spiro atoms. The van der Waals surface area contributed by atoms with Gasteiger partial charge >= 0.3 is 5.97 Å². The summed E-state index contributed by atoms with van der Waals surface area (Å²) in [5.74, 6) is -0.593. The van der Waals surface area contributed by atoms with E-state index in [0.29, 0.717) is 27.6 Å². The molecule has 0 saturated carbocycles. The van der Waals surface area contributed by atoms with E-state index in [-0.39, 0.29) is 0 Å². The maximum absolute atomic E-state index is 13.0. The van der Waals surface area contributed by atoms with Crippen molar-refractivity contribution in [3.63, 3.8) is 0 Å². The van der Waals surface area contributed by atoms with Crippen LogP contribution in [-0.2, 0) is 9.53 Å². The van der Waals surface area contributed by atoms with Crippen molar-refractivity contribution in [1.82, 2.24) is 0 Å². The number of benzene rings is 3. The van der Waals surface area contributed by atoms with Crippen molar-refractivity contribution in [2.24, 2.45) is 0 Å². The van der Waals surface area contributed by atoms with E-state index in [0.717, 1.165) is 5.56 Å². The molecule has 1 atom stereocenters. The molecule has 1 amide bonds. The molecule has 0 radical (unpaired) electrons. The topological polar surface area (TPSA) is 64.6 Å². The molecule has 0 aliphatic heterocycles. The fourth-order valence-corrected chi connectivity index (χ4v) is 2.91. The lowest BCUT2D eigenvalue weighted by atomic mass is 10.1. The van der Waals surface area contributed by atoms with Gasteiger partial charge in [0.15, 0.2) is 0 Å². The van der Waals surface area contributed by atoms with Crippen LogP contribution < -0.4 is 10.1 Å². The number of ether oxygens (including phenoxy) is 2. The molecule has 3 rings (SSSR count). The number of methoxy groups -OCH3 is 1. The lowest BCUT2D eigenvalue weighted by Gasteiger charge is -2.19. The lowest BCUT2D eigenvalue weighted by Crippen LogP contribution is -2.26. The SMILES string of the molecule is COc1ccc(C)cc1NC(=O)[C@@H](OC(=O)c1ccc(Cl)cc1)c1ccccc1. The number of halogens is 1. The second-order valence-electron chi connectivity index (χ2n) is 6.40. The van der Waals surface area contributed by atoms with Gasteiger partial charge in [0, 0.05) is 10.6 Å². The predicted molar refractivity (Wildman–Crippen MR) is 112 cm³/mol. The third kappa shape index (κ3) is 5.15. The molecule has 29 heavy (non-hydrogen) atoms. The van der Waals surface area contributed by atoms with Gasteiger partial charge in [0.2, 0.25) is 6.10 Å². The van der Waals surface area contributed by atoms with Crippen molar-refractivity contribution in [2.75, 3.05) is 12.4 Å². The fourth-order valence-electron chi connectivity index (χ4n) is 2.78. The second-order valence-corrected chi connectivity index (χ2v) is 6.83. The molecule has 0 saturated heterocycles. The summed E-state index contributed by atoms with van der Waals surface area (Å²) in [5.41, 5.74) is 2.31. The molecule has 1 N–H and O–H groups in total. The van der Waals surface area contributed by atoms with Gasteiger partial charge in [-0.25, -0.2) is 4.79 Å². The molecule has 3 aromatic carbocycles. The summed E-state index contributed by atoms with van der Waals surface area (Å²) in [6.45, 7) is 1.91. The van der Waals surface area contributed by atoms with Crippen molar-refractivity contribution >= 4 is 29.2 Å². The van der Waals surface area contributed by atoms with Gasteiger partial charge in [0.25, 0.3) is 5.91 Å². The number of anilines is 1. The second kappa shape index (κ2) is 9.26. The quantitative estimate of drug-likeness (QED) is 0.569. The Balaban J connectivity index is 1.88. The van der Waals surface area contributed by atoms with Crippen LogP contribution >= 0.6 is 11.6 Å². The number of esters is 1. The highest BCUT2D eigenvalue weighted by Crippen LogP contribution is 2.28. The zero-order valence-electron chi connectivity index (χ0n) is 16.0. The van der Waals surface area contributed by atoms with Gasteiger partial charge < -0.3 is 14.8 Å². The third-order valence-corrected chi connectivity index (χ3v) is 4.51. The Bertz CT molecular complexity index is 1000. The standard InChI is InChI=1S/C23H20ClNO4/c1-15-8-13-20(28-2)19(14-15)25-22(26)21(16-6-4-3-5-7-16)29-23(27)17-9-11-18(24)12-10-17/h3-14,21H,1-2H3,(H,25,26)/t21-/m0/s1. The minimum Gasteiger partial charge on any atom is -0.495 e. The Morgan fingerprint density at radius 1 is 0.966 bits per heavy atom. The largest absolute Gasteiger partial charge is 0.495 e. The molecule has 0 unspecified atom stereocenters. The van der Waals surface area contributed by atoms with Gasteiger partial charge in [-0.05, 0) is 48.9 Å². The average molecular weight is 410 g/mol. The van der Waals surface area contributed by atoms with Gasteiger partial charge in [-0.3, -0.25) is 4.79 Å². The molecule has 0 aliphatic rings. The monoisotopic (exact) mass is 409 g/mol. The first-order valence-electron chi connectivity index (χ1n) is 8.95. The highest BCUT2D eigenvalue weighted by Gasteiger charge is 2.26. The molecule has 0 bridgehead atoms. The maximum Gasteiger partial charge on any atom is 0.339 e. The third-order valence-electron chi connectivity index (χ3n) is 4.26. The molecule has 0 heterocycles. The average Bonchev–Trinajstić information content (AvgIpc) is 2.73. The fraction of sp³-hybridized carbons (Fsp3) is 0.130. The van der Waals surface area contributed by atoms with Gasteiger partial charge in [0.05, 0.1) is 18.4 Å². The number of carbonyl (C=O) groups excluding carboxylic acids is 2. The van der Waals surface area contributed by atoms with E-state index in [1.807, 2.05) is 19.1 Å². The highest BCUT2D eigenvalue weighted by molar-refractivity contribution is 6.30. The van der Waals surface area contributed by atoms with Crippen LogP contribution in [0.25, 0.3) is 0 Å². The van der Waals surface area contributed by atoms with Gasteiger partial charge in [-0.1, -0.05) is 48.0 Å². The first-order chi connectivity index (χ1) is 14.0. The van der Waals surface area contributed by atoms with Crippen LogP contribution in [0.5, 0.6) is 5.75 Å². The Morgan fingerprint density at radius 2 is 1.66 bits per heavy atom. The zero-order chi connectivity index (χ0) is 20.8. The number of rotatable bonds is 6. The molecule has 5 nitrogen and oxygen atoms in total. The number of hydrogen-bond donors (Lipinski definition) is 1. The van der Waals surface area contributed by atoms with Crippen LogP contribution in [0.3, 0.4) is 0 Å². The normalized spacial score (nSPS) is 11.4. The van der Waals surface area contributed by atoms with Crippen LogP contribution in [-0.4, -0.2) is 19.0 Å². The Kier molecular flexibility index (Phi) is 6.52. The number of hydrogen-bond acceptors (Lipinski definition) is 4. The minimum absolute atomic E-state index is 0.302. The molecule has 3 aromatic rings. The van der Waals surface area contributed by atoms with Crippen molar-refractivity contribution in [2.45, 2.75) is 13.0 Å². The predicted octanol–water partition coefficient (Wildman–Crippen LogP) is 5.19. The van der Waals surface area contributed by atoms with Gasteiger partial charge in [-0.15, -0.1) is 0 Å². The minimum atomic E-state index is -1.13. The Morgan fingerprint density at radius 3 is 2.31 bits per heavy atom. The van der Waals surface area contributed by atoms with E-state index in [2.05, 4.69) is 5.32 Å². The lowest BCUT2D eigenvalue weighted by molar-refractivity contribution is -0.125. The molecule has 0 fully saturated rings. The van der Waals surface area contributed by atoms with Crippen LogP contribution in [0.1, 0.15) is 27.6 Å². The first kappa shape index (κ1) is 20.4. The van der Waals surface area contributed by atoms with E-state index in [1.54, 1.807) is 60.7 Å². The van der Waals surface area contributed by atoms with Crippen molar-refractivity contribution in [1.29, 1.82) is 0 Å².